The molecule has 11 nitrogen and oxygen atoms in total. The largest absolute Gasteiger partial charge is 0.478 e. The Kier molecular flexibility index (Phi) is 9.12. The van der Waals surface area contributed by atoms with Crippen LogP contribution in [0.3, 0.4) is 0 Å². The van der Waals surface area contributed by atoms with E-state index >= 15 is 0 Å². The first kappa shape index (κ1) is 30.8. The molecule has 1 saturated heterocycles. The fraction of sp³-hybridized carbons (Fsp3) is 0.321. The molecule has 3 N–H and O–H groups in total. The predicted octanol–water partition coefficient (Wildman–Crippen LogP) is 3.90. The average Bonchev–Trinajstić information content (AvgIpc) is 3.24. The molecule has 2 amide bonds. The molecule has 0 radical (unpaired) electrons. The van der Waals surface area contributed by atoms with E-state index in [2.05, 4.69) is 15.3 Å². The van der Waals surface area contributed by atoms with Crippen LogP contribution in [0.1, 0.15) is 64.2 Å². The number of carboxylic acid groups (broad SMARTS) is 1. The van der Waals surface area contributed by atoms with Crippen molar-refractivity contribution in [2.45, 2.75) is 43.7 Å². The van der Waals surface area contributed by atoms with Crippen molar-refractivity contribution >= 4 is 45.2 Å². The van der Waals surface area contributed by atoms with Crippen molar-refractivity contribution in [2.75, 3.05) is 18.0 Å². The number of pyridine rings is 2. The maximum absolute atomic E-state index is 13.5. The summed E-state index contributed by atoms with van der Waals surface area (Å²) < 4.78 is 40.8. The number of carbonyl (C=O) groups is 3. The van der Waals surface area contributed by atoms with E-state index in [4.69, 9.17) is 11.6 Å². The van der Waals surface area contributed by atoms with Crippen molar-refractivity contribution < 1.29 is 32.3 Å². The van der Waals surface area contributed by atoms with Gasteiger partial charge >= 0.3 is 5.97 Å². The van der Waals surface area contributed by atoms with E-state index < -0.39 is 44.3 Å². The summed E-state index contributed by atoms with van der Waals surface area (Å²) in [6, 6.07) is 12.0. The lowest BCUT2D eigenvalue weighted by atomic mass is 9.93. The summed E-state index contributed by atoms with van der Waals surface area (Å²) in [5.41, 5.74) is -0.495. The third kappa shape index (κ3) is 7.02. The van der Waals surface area contributed by atoms with E-state index in [0.717, 1.165) is 12.1 Å². The third-order valence-electron chi connectivity index (χ3n) is 6.97. The number of hydrogen-bond acceptors (Lipinski definition) is 8. The number of benzene rings is 1. The van der Waals surface area contributed by atoms with Gasteiger partial charge in [-0.15, -0.1) is 0 Å². The monoisotopic (exact) mass is 617 g/mol. The van der Waals surface area contributed by atoms with Gasteiger partial charge in [-0.3, -0.25) is 9.59 Å². The number of nitrogens with zero attached hydrogens (tertiary/aromatic N) is 3. The van der Waals surface area contributed by atoms with E-state index in [9.17, 15) is 32.3 Å². The van der Waals surface area contributed by atoms with Crippen LogP contribution < -0.4 is 14.9 Å². The van der Waals surface area contributed by atoms with E-state index in [-0.39, 0.29) is 33.6 Å². The molecule has 4 rings (SSSR count). The van der Waals surface area contributed by atoms with Gasteiger partial charge in [-0.1, -0.05) is 29.8 Å². The molecule has 14 heteroatoms. The highest BCUT2D eigenvalue weighted by molar-refractivity contribution is 7.90. The second-order valence-electron chi connectivity index (χ2n) is 10.5. The van der Waals surface area contributed by atoms with Gasteiger partial charge in [-0.2, -0.15) is 12.8 Å². The topological polar surface area (TPSA) is 159 Å². The molecule has 1 aromatic carbocycles. The van der Waals surface area contributed by atoms with Crippen molar-refractivity contribution in [3.8, 4) is 0 Å². The van der Waals surface area contributed by atoms with E-state index in [1.165, 1.54) is 30.3 Å². The second-order valence-corrected chi connectivity index (χ2v) is 12.5. The highest BCUT2D eigenvalue weighted by Gasteiger charge is 2.40. The lowest BCUT2D eigenvalue weighted by Crippen LogP contribution is -2.41. The van der Waals surface area contributed by atoms with Gasteiger partial charge in [0.1, 0.15) is 11.0 Å². The minimum Gasteiger partial charge on any atom is -0.478 e. The first-order valence-electron chi connectivity index (χ1n) is 13.0. The fourth-order valence-electron chi connectivity index (χ4n) is 5.09. The van der Waals surface area contributed by atoms with Gasteiger partial charge in [-0.05, 0) is 75.4 Å². The summed E-state index contributed by atoms with van der Waals surface area (Å²) in [5.74, 6) is -3.28. The standard InChI is InChI=1S/C28H29ClFN5O6S/c1-28(2)15-17(7-6-14-31-25(36)18-8-3-4-9-19(18)27(38)39)16-35(28)24-20(12-13-21(29)32-24)26(37)34-42(40,41)23-11-5-10-22(30)33-23/h3-5,8-13,17H,6-7,14-16H2,1-2H3,(H,31,36)(H,34,37)(H,38,39)/t17-/m0/s1. The van der Waals surface area contributed by atoms with Crippen molar-refractivity contribution in [3.63, 3.8) is 0 Å². The molecule has 0 unspecified atom stereocenters. The first-order valence-corrected chi connectivity index (χ1v) is 14.9. The Bertz CT molecular complexity index is 1630. The number of amides is 2. The van der Waals surface area contributed by atoms with Crippen LogP contribution in [0.2, 0.25) is 5.15 Å². The Morgan fingerprint density at radius 1 is 1.02 bits per heavy atom. The number of nitrogens with one attached hydrogen (secondary N) is 2. The Morgan fingerprint density at radius 3 is 2.43 bits per heavy atom. The van der Waals surface area contributed by atoms with Crippen LogP contribution in [-0.2, 0) is 10.0 Å². The normalized spacial score (nSPS) is 16.2. The van der Waals surface area contributed by atoms with Crippen molar-refractivity contribution in [3.05, 3.63) is 82.4 Å². The van der Waals surface area contributed by atoms with Crippen molar-refractivity contribution in [1.29, 1.82) is 0 Å². The molecule has 0 saturated carbocycles. The van der Waals surface area contributed by atoms with Crippen LogP contribution in [-0.4, -0.2) is 59.9 Å². The molecule has 42 heavy (non-hydrogen) atoms. The van der Waals surface area contributed by atoms with Crippen LogP contribution in [0, 0.1) is 11.9 Å². The second kappa shape index (κ2) is 12.4. The molecule has 1 atom stereocenters. The van der Waals surface area contributed by atoms with Gasteiger partial charge in [-0.25, -0.2) is 19.5 Å². The van der Waals surface area contributed by atoms with Crippen LogP contribution in [0.15, 0.2) is 59.6 Å². The van der Waals surface area contributed by atoms with Crippen LogP contribution in [0.4, 0.5) is 10.2 Å². The molecule has 1 fully saturated rings. The van der Waals surface area contributed by atoms with Crippen LogP contribution >= 0.6 is 11.6 Å². The average molecular weight is 618 g/mol. The number of aromatic nitrogens is 2. The van der Waals surface area contributed by atoms with E-state index in [1.54, 1.807) is 12.1 Å². The highest BCUT2D eigenvalue weighted by atomic mass is 35.5. The number of aromatic carboxylic acids is 1. The van der Waals surface area contributed by atoms with E-state index in [0.29, 0.717) is 32.4 Å². The number of carboxylic acids is 1. The summed E-state index contributed by atoms with van der Waals surface area (Å²) in [5, 5.41) is 11.6. The molecule has 3 aromatic rings. The summed E-state index contributed by atoms with van der Waals surface area (Å²) in [6.45, 7) is 4.75. The molecule has 0 spiro atoms. The zero-order chi connectivity index (χ0) is 30.7. The number of anilines is 1. The SMILES string of the molecule is CC1(C)C[C@H](CCCNC(=O)c2ccccc2C(=O)O)CN1c1nc(Cl)ccc1C(=O)NS(=O)(=O)c1cccc(F)n1. The summed E-state index contributed by atoms with van der Waals surface area (Å²) >= 11 is 6.17. The predicted molar refractivity (Wildman–Crippen MR) is 153 cm³/mol. The molecule has 1 aliphatic rings. The maximum atomic E-state index is 13.5. The number of halogens is 2. The van der Waals surface area contributed by atoms with Gasteiger partial charge in [0.2, 0.25) is 5.95 Å². The molecular formula is C28H29ClFN5O6S. The summed E-state index contributed by atoms with van der Waals surface area (Å²) in [6.07, 6.45) is 2.04. The molecule has 3 heterocycles. The lowest BCUT2D eigenvalue weighted by molar-refractivity contribution is 0.0690. The first-order chi connectivity index (χ1) is 19.8. The maximum Gasteiger partial charge on any atom is 0.336 e. The molecule has 222 valence electrons. The van der Waals surface area contributed by atoms with Gasteiger partial charge in [0.15, 0.2) is 5.03 Å². The van der Waals surface area contributed by atoms with E-state index in [1.807, 2.05) is 23.5 Å². The molecule has 2 aromatic heterocycles. The molecule has 0 bridgehead atoms. The van der Waals surface area contributed by atoms with Crippen molar-refractivity contribution in [1.82, 2.24) is 20.0 Å². The van der Waals surface area contributed by atoms with Gasteiger partial charge in [0.25, 0.3) is 21.8 Å². The molecule has 1 aliphatic heterocycles. The zero-order valence-corrected chi connectivity index (χ0v) is 24.4. The fourth-order valence-corrected chi connectivity index (χ4v) is 6.15. The summed E-state index contributed by atoms with van der Waals surface area (Å²) in [4.78, 5) is 46.7. The van der Waals surface area contributed by atoms with Crippen molar-refractivity contribution in [2.24, 2.45) is 5.92 Å². The Hall–Kier alpha value is -4.10. The summed E-state index contributed by atoms with van der Waals surface area (Å²) in [7, 11) is -4.47. The van der Waals surface area contributed by atoms with Crippen LogP contribution in [0.5, 0.6) is 0 Å². The van der Waals surface area contributed by atoms with Gasteiger partial charge in [0, 0.05) is 18.6 Å². The smallest absolute Gasteiger partial charge is 0.336 e. The molecular weight excluding hydrogens is 589 g/mol. The Labute approximate surface area is 247 Å². The molecule has 0 aliphatic carbocycles. The Balaban J connectivity index is 1.43. The van der Waals surface area contributed by atoms with Crippen LogP contribution in [0.25, 0.3) is 0 Å². The number of carbonyl (C=O) groups excluding carboxylic acids is 2. The third-order valence-corrected chi connectivity index (χ3v) is 8.41. The lowest BCUT2D eigenvalue weighted by Gasteiger charge is -2.33. The number of hydrogen-bond donors (Lipinski definition) is 3. The number of rotatable bonds is 10. The zero-order valence-electron chi connectivity index (χ0n) is 22.8. The minimum absolute atomic E-state index is 0.0301. The number of sulfonamides is 1. The quantitative estimate of drug-likeness (QED) is 0.226. The highest BCUT2D eigenvalue weighted by Crippen LogP contribution is 2.39. The minimum atomic E-state index is -4.47. The Morgan fingerprint density at radius 2 is 1.74 bits per heavy atom. The van der Waals surface area contributed by atoms with Gasteiger partial charge < -0.3 is 15.3 Å². The van der Waals surface area contributed by atoms with Gasteiger partial charge in [0.05, 0.1) is 16.7 Å².